The first kappa shape index (κ1) is 10.8. The van der Waals surface area contributed by atoms with E-state index >= 15 is 0 Å². The van der Waals surface area contributed by atoms with E-state index in [0.29, 0.717) is 0 Å². The van der Waals surface area contributed by atoms with Gasteiger partial charge in [-0.25, -0.2) is 4.39 Å². The maximum absolute atomic E-state index is 13.7. The van der Waals surface area contributed by atoms with E-state index in [9.17, 15) is 4.39 Å². The van der Waals surface area contributed by atoms with Gasteiger partial charge in [-0.2, -0.15) is 5.10 Å². The predicted molar refractivity (Wildman–Crippen MR) is 68.0 cm³/mol. The first-order chi connectivity index (χ1) is 8.81. The minimum Gasteiger partial charge on any atom is -0.493 e. The van der Waals surface area contributed by atoms with Crippen molar-refractivity contribution in [1.29, 1.82) is 0 Å². The summed E-state index contributed by atoms with van der Waals surface area (Å²) in [6.45, 7) is 0. The minimum absolute atomic E-state index is 0.256. The third-order valence-corrected chi connectivity index (χ3v) is 2.95. The smallest absolute Gasteiger partial charge is 0.165 e. The normalized spacial score (nSPS) is 10.8. The summed E-state index contributed by atoms with van der Waals surface area (Å²) in [4.78, 5) is 0. The van der Waals surface area contributed by atoms with Crippen LogP contribution in [0.5, 0.6) is 5.75 Å². The zero-order chi connectivity index (χ0) is 12.5. The lowest BCUT2D eigenvalue weighted by Gasteiger charge is -2.10. The lowest BCUT2D eigenvalue weighted by atomic mass is 10.0. The number of aromatic nitrogens is 2. The summed E-state index contributed by atoms with van der Waals surface area (Å²) in [5.74, 6) is -0.110. The SMILES string of the molecule is COc1c(F)cccc1-c1cccc2[nH]ncc12. The van der Waals surface area contributed by atoms with Crippen molar-refractivity contribution in [2.24, 2.45) is 0 Å². The Hall–Kier alpha value is -2.36. The molecule has 3 nitrogen and oxygen atoms in total. The number of hydrogen-bond donors (Lipinski definition) is 1. The van der Waals surface area contributed by atoms with Crippen LogP contribution in [0.2, 0.25) is 0 Å². The summed E-state index contributed by atoms with van der Waals surface area (Å²) >= 11 is 0. The fourth-order valence-corrected chi connectivity index (χ4v) is 2.13. The number of fused-ring (bicyclic) bond motifs is 1. The standard InChI is InChI=1S/C14H11FN2O/c1-18-14-10(5-2-6-12(14)15)9-4-3-7-13-11(9)8-16-17-13/h2-8H,1H3,(H,16,17). The van der Waals surface area contributed by atoms with Gasteiger partial charge >= 0.3 is 0 Å². The summed E-state index contributed by atoms with van der Waals surface area (Å²) in [6, 6.07) is 10.7. The third kappa shape index (κ3) is 1.54. The van der Waals surface area contributed by atoms with E-state index in [0.717, 1.165) is 22.0 Å². The number of halogens is 1. The number of nitrogens with zero attached hydrogens (tertiary/aromatic N) is 1. The first-order valence-electron chi connectivity index (χ1n) is 5.56. The van der Waals surface area contributed by atoms with Gasteiger partial charge < -0.3 is 4.74 Å². The number of rotatable bonds is 2. The molecule has 0 radical (unpaired) electrons. The van der Waals surface area contributed by atoms with E-state index < -0.39 is 0 Å². The van der Waals surface area contributed by atoms with E-state index in [1.165, 1.54) is 13.2 Å². The fraction of sp³-hybridized carbons (Fsp3) is 0.0714. The van der Waals surface area contributed by atoms with Crippen LogP contribution in [-0.4, -0.2) is 17.3 Å². The van der Waals surface area contributed by atoms with Gasteiger partial charge in [-0.3, -0.25) is 5.10 Å². The number of nitrogens with one attached hydrogen (secondary N) is 1. The third-order valence-electron chi connectivity index (χ3n) is 2.95. The average molecular weight is 242 g/mol. The number of aromatic amines is 1. The summed E-state index contributed by atoms with van der Waals surface area (Å²) in [5.41, 5.74) is 2.54. The number of methoxy groups -OCH3 is 1. The lowest BCUT2D eigenvalue weighted by molar-refractivity contribution is 0.388. The maximum Gasteiger partial charge on any atom is 0.165 e. The van der Waals surface area contributed by atoms with Crippen molar-refractivity contribution in [2.75, 3.05) is 7.11 Å². The molecule has 1 aromatic heterocycles. The van der Waals surface area contributed by atoms with E-state index in [1.807, 2.05) is 24.3 Å². The number of hydrogen-bond acceptors (Lipinski definition) is 2. The van der Waals surface area contributed by atoms with Crippen molar-refractivity contribution in [3.05, 3.63) is 48.4 Å². The number of benzene rings is 2. The molecule has 0 aliphatic carbocycles. The van der Waals surface area contributed by atoms with Crippen LogP contribution in [-0.2, 0) is 0 Å². The van der Waals surface area contributed by atoms with E-state index in [-0.39, 0.29) is 11.6 Å². The zero-order valence-corrected chi connectivity index (χ0v) is 9.77. The second-order valence-corrected chi connectivity index (χ2v) is 3.96. The molecule has 1 N–H and O–H groups in total. The highest BCUT2D eigenvalue weighted by Crippen LogP contribution is 2.35. The summed E-state index contributed by atoms with van der Waals surface area (Å²) in [7, 11) is 1.47. The Labute approximate surface area is 103 Å². The highest BCUT2D eigenvalue weighted by Gasteiger charge is 2.13. The Morgan fingerprint density at radius 1 is 1.11 bits per heavy atom. The van der Waals surface area contributed by atoms with E-state index in [4.69, 9.17) is 4.74 Å². The van der Waals surface area contributed by atoms with Gasteiger partial charge in [0.2, 0.25) is 0 Å². The zero-order valence-electron chi connectivity index (χ0n) is 9.77. The van der Waals surface area contributed by atoms with Crippen LogP contribution >= 0.6 is 0 Å². The molecule has 4 heteroatoms. The highest BCUT2D eigenvalue weighted by molar-refractivity contribution is 5.95. The molecule has 3 aromatic rings. The van der Waals surface area contributed by atoms with Gasteiger partial charge in [0.25, 0.3) is 0 Å². The van der Waals surface area contributed by atoms with Crippen molar-refractivity contribution in [1.82, 2.24) is 10.2 Å². The number of ether oxygens (including phenoxy) is 1. The van der Waals surface area contributed by atoms with Crippen molar-refractivity contribution in [3.63, 3.8) is 0 Å². The van der Waals surface area contributed by atoms with Crippen LogP contribution in [0, 0.1) is 5.82 Å². The Bertz CT molecular complexity index is 706. The topological polar surface area (TPSA) is 37.9 Å². The fourth-order valence-electron chi connectivity index (χ4n) is 2.13. The highest BCUT2D eigenvalue weighted by atomic mass is 19.1. The largest absolute Gasteiger partial charge is 0.493 e. The number of para-hydroxylation sites is 1. The van der Waals surface area contributed by atoms with Gasteiger partial charge in [-0.05, 0) is 17.7 Å². The maximum atomic E-state index is 13.7. The Balaban J connectivity index is 2.32. The van der Waals surface area contributed by atoms with Crippen molar-refractivity contribution in [3.8, 4) is 16.9 Å². The lowest BCUT2D eigenvalue weighted by Crippen LogP contribution is -1.92. The second-order valence-electron chi connectivity index (χ2n) is 3.96. The van der Waals surface area contributed by atoms with Crippen LogP contribution in [0.1, 0.15) is 0 Å². The molecule has 0 saturated carbocycles. The van der Waals surface area contributed by atoms with Gasteiger partial charge in [-0.15, -0.1) is 0 Å². The summed E-state index contributed by atoms with van der Waals surface area (Å²) < 4.78 is 18.9. The molecular formula is C14H11FN2O. The molecule has 3 rings (SSSR count). The summed E-state index contributed by atoms with van der Waals surface area (Å²) in [6.07, 6.45) is 1.73. The molecule has 0 unspecified atom stereocenters. The van der Waals surface area contributed by atoms with Gasteiger partial charge in [0.15, 0.2) is 11.6 Å². The molecular weight excluding hydrogens is 231 g/mol. The first-order valence-corrected chi connectivity index (χ1v) is 5.56. The van der Waals surface area contributed by atoms with E-state index in [2.05, 4.69) is 10.2 Å². The van der Waals surface area contributed by atoms with Crippen LogP contribution in [0.25, 0.3) is 22.0 Å². The number of H-pyrrole nitrogens is 1. The molecule has 0 aliphatic rings. The van der Waals surface area contributed by atoms with Crippen LogP contribution in [0.4, 0.5) is 4.39 Å². The van der Waals surface area contributed by atoms with Crippen molar-refractivity contribution < 1.29 is 9.13 Å². The van der Waals surface area contributed by atoms with Crippen molar-refractivity contribution in [2.45, 2.75) is 0 Å². The van der Waals surface area contributed by atoms with Crippen molar-refractivity contribution >= 4 is 10.9 Å². The molecule has 18 heavy (non-hydrogen) atoms. The minimum atomic E-state index is -0.365. The van der Waals surface area contributed by atoms with Gasteiger partial charge in [0.1, 0.15) is 0 Å². The molecule has 90 valence electrons. The quantitative estimate of drug-likeness (QED) is 0.748. The summed E-state index contributed by atoms with van der Waals surface area (Å²) in [5, 5.41) is 7.85. The monoisotopic (exact) mass is 242 g/mol. The van der Waals surface area contributed by atoms with Crippen LogP contribution < -0.4 is 4.74 Å². The predicted octanol–water partition coefficient (Wildman–Crippen LogP) is 3.38. The molecule has 0 amide bonds. The molecule has 0 saturated heterocycles. The molecule has 0 fully saturated rings. The van der Waals surface area contributed by atoms with Gasteiger partial charge in [0.05, 0.1) is 18.8 Å². The Morgan fingerprint density at radius 2 is 1.89 bits per heavy atom. The molecule has 0 spiro atoms. The van der Waals surface area contributed by atoms with E-state index in [1.54, 1.807) is 12.3 Å². The molecule has 0 atom stereocenters. The van der Waals surface area contributed by atoms with Crippen LogP contribution in [0.3, 0.4) is 0 Å². The Morgan fingerprint density at radius 3 is 2.72 bits per heavy atom. The second kappa shape index (κ2) is 4.14. The van der Waals surface area contributed by atoms with Gasteiger partial charge in [0, 0.05) is 10.9 Å². The Kier molecular flexibility index (Phi) is 2.48. The molecule has 0 aliphatic heterocycles. The molecule has 0 bridgehead atoms. The average Bonchev–Trinajstić information content (AvgIpc) is 2.86. The van der Waals surface area contributed by atoms with Crippen LogP contribution in [0.15, 0.2) is 42.6 Å². The van der Waals surface area contributed by atoms with Gasteiger partial charge in [-0.1, -0.05) is 24.3 Å². The molecule has 1 heterocycles. The molecule has 2 aromatic carbocycles.